The van der Waals surface area contributed by atoms with E-state index >= 15 is 0 Å². The van der Waals surface area contributed by atoms with Crippen LogP contribution in [0.25, 0.3) is 0 Å². The van der Waals surface area contributed by atoms with Crippen LogP contribution in [0.4, 0.5) is 17.6 Å². The fraction of sp³-hybridized carbons (Fsp3) is 0.600. The SMILES string of the molecule is CCCNC(CC(C)C)c1cc(C(F)(F)F)ccc1F. The zero-order valence-corrected chi connectivity index (χ0v) is 12.0. The molecule has 1 atom stereocenters. The Balaban J connectivity index is 3.10. The minimum Gasteiger partial charge on any atom is -0.310 e. The highest BCUT2D eigenvalue weighted by Crippen LogP contribution is 2.33. The van der Waals surface area contributed by atoms with E-state index in [-0.39, 0.29) is 11.5 Å². The van der Waals surface area contributed by atoms with Gasteiger partial charge < -0.3 is 5.32 Å². The van der Waals surface area contributed by atoms with Crippen molar-refractivity contribution in [3.05, 3.63) is 35.1 Å². The molecular formula is C15H21F4N. The van der Waals surface area contributed by atoms with Crippen LogP contribution in [0.3, 0.4) is 0 Å². The van der Waals surface area contributed by atoms with Crippen molar-refractivity contribution in [3.8, 4) is 0 Å². The third-order valence-corrected chi connectivity index (χ3v) is 3.05. The first-order valence-corrected chi connectivity index (χ1v) is 6.85. The largest absolute Gasteiger partial charge is 0.416 e. The molecule has 0 fully saturated rings. The molecule has 0 aliphatic heterocycles. The second kappa shape index (κ2) is 7.07. The molecule has 0 radical (unpaired) electrons. The van der Waals surface area contributed by atoms with Crippen LogP contribution >= 0.6 is 0 Å². The van der Waals surface area contributed by atoms with Crippen LogP contribution in [0.1, 0.15) is 50.8 Å². The van der Waals surface area contributed by atoms with Gasteiger partial charge in [0.2, 0.25) is 0 Å². The van der Waals surface area contributed by atoms with Crippen LogP contribution in [-0.2, 0) is 6.18 Å². The van der Waals surface area contributed by atoms with E-state index in [0.717, 1.165) is 24.6 Å². The fourth-order valence-electron chi connectivity index (χ4n) is 2.10. The quantitative estimate of drug-likeness (QED) is 0.733. The summed E-state index contributed by atoms with van der Waals surface area (Å²) >= 11 is 0. The summed E-state index contributed by atoms with van der Waals surface area (Å²) in [5.74, 6) is -0.328. The molecule has 0 bridgehead atoms. The molecule has 0 saturated heterocycles. The number of rotatable bonds is 6. The summed E-state index contributed by atoms with van der Waals surface area (Å²) in [7, 11) is 0. The molecule has 1 nitrogen and oxygen atoms in total. The summed E-state index contributed by atoms with van der Waals surface area (Å²) in [6.07, 6.45) is -3.01. The van der Waals surface area contributed by atoms with Gasteiger partial charge in [-0.1, -0.05) is 20.8 Å². The summed E-state index contributed by atoms with van der Waals surface area (Å²) in [4.78, 5) is 0. The molecule has 0 aliphatic carbocycles. The lowest BCUT2D eigenvalue weighted by atomic mass is 9.95. The molecule has 20 heavy (non-hydrogen) atoms. The van der Waals surface area contributed by atoms with Crippen LogP contribution in [0.5, 0.6) is 0 Å². The summed E-state index contributed by atoms with van der Waals surface area (Å²) in [5.41, 5.74) is -0.706. The molecule has 114 valence electrons. The number of nitrogens with one attached hydrogen (secondary N) is 1. The third kappa shape index (κ3) is 4.78. The van der Waals surface area contributed by atoms with Crippen molar-refractivity contribution in [1.29, 1.82) is 0 Å². The zero-order chi connectivity index (χ0) is 15.3. The summed E-state index contributed by atoms with van der Waals surface area (Å²) in [5, 5.41) is 3.13. The van der Waals surface area contributed by atoms with Crippen molar-refractivity contribution in [1.82, 2.24) is 5.32 Å². The van der Waals surface area contributed by atoms with E-state index in [4.69, 9.17) is 0 Å². The predicted molar refractivity (Wildman–Crippen MR) is 71.9 cm³/mol. The molecule has 1 rings (SSSR count). The van der Waals surface area contributed by atoms with Gasteiger partial charge in [0, 0.05) is 11.6 Å². The summed E-state index contributed by atoms with van der Waals surface area (Å²) in [6.45, 7) is 6.54. The van der Waals surface area contributed by atoms with Crippen LogP contribution in [0, 0.1) is 11.7 Å². The second-order valence-electron chi connectivity index (χ2n) is 5.37. The van der Waals surface area contributed by atoms with E-state index in [9.17, 15) is 17.6 Å². The standard InChI is InChI=1S/C15H21F4N/c1-4-7-20-14(8-10(2)3)12-9-11(15(17,18)19)5-6-13(12)16/h5-6,9-10,14,20H,4,7-8H2,1-3H3. The van der Waals surface area contributed by atoms with Crippen LogP contribution in [-0.4, -0.2) is 6.54 Å². The Morgan fingerprint density at radius 3 is 2.35 bits per heavy atom. The Bertz CT molecular complexity index is 426. The van der Waals surface area contributed by atoms with Gasteiger partial charge in [-0.2, -0.15) is 13.2 Å². The molecule has 0 saturated carbocycles. The van der Waals surface area contributed by atoms with Gasteiger partial charge >= 0.3 is 6.18 Å². The lowest BCUT2D eigenvalue weighted by Crippen LogP contribution is -2.25. The average Bonchev–Trinajstić information content (AvgIpc) is 2.33. The Morgan fingerprint density at radius 1 is 1.20 bits per heavy atom. The highest BCUT2D eigenvalue weighted by atomic mass is 19.4. The Labute approximate surface area is 117 Å². The van der Waals surface area contributed by atoms with Crippen molar-refractivity contribution >= 4 is 0 Å². The van der Waals surface area contributed by atoms with Gasteiger partial charge in [-0.25, -0.2) is 4.39 Å². The summed E-state index contributed by atoms with van der Waals surface area (Å²) < 4.78 is 52.1. The molecule has 1 N–H and O–H groups in total. The van der Waals surface area contributed by atoms with Gasteiger partial charge in [-0.05, 0) is 43.5 Å². The summed E-state index contributed by atoms with van der Waals surface area (Å²) in [6, 6.07) is 2.21. The van der Waals surface area contributed by atoms with E-state index in [0.29, 0.717) is 13.0 Å². The number of halogens is 4. The first-order valence-electron chi connectivity index (χ1n) is 6.85. The number of hydrogen-bond acceptors (Lipinski definition) is 1. The van der Waals surface area contributed by atoms with Gasteiger partial charge in [0.1, 0.15) is 5.82 Å². The lowest BCUT2D eigenvalue weighted by molar-refractivity contribution is -0.137. The maximum Gasteiger partial charge on any atom is 0.416 e. The topological polar surface area (TPSA) is 12.0 Å². The Kier molecular flexibility index (Phi) is 5.99. The number of hydrogen-bond donors (Lipinski definition) is 1. The first kappa shape index (κ1) is 17.0. The van der Waals surface area contributed by atoms with Crippen LogP contribution < -0.4 is 5.32 Å². The molecule has 5 heteroatoms. The van der Waals surface area contributed by atoms with E-state index in [1.807, 2.05) is 20.8 Å². The second-order valence-corrected chi connectivity index (χ2v) is 5.37. The van der Waals surface area contributed by atoms with Gasteiger partial charge in [-0.3, -0.25) is 0 Å². The van der Waals surface area contributed by atoms with Crippen molar-refractivity contribution in [3.63, 3.8) is 0 Å². The molecule has 0 spiro atoms. The van der Waals surface area contributed by atoms with Gasteiger partial charge in [0.05, 0.1) is 5.56 Å². The monoisotopic (exact) mass is 291 g/mol. The van der Waals surface area contributed by atoms with Gasteiger partial charge in [0.15, 0.2) is 0 Å². The molecule has 1 aromatic rings. The van der Waals surface area contributed by atoms with Crippen LogP contribution in [0.2, 0.25) is 0 Å². The van der Waals surface area contributed by atoms with E-state index < -0.39 is 23.6 Å². The van der Waals surface area contributed by atoms with Crippen molar-refractivity contribution < 1.29 is 17.6 Å². The lowest BCUT2D eigenvalue weighted by Gasteiger charge is -2.22. The van der Waals surface area contributed by atoms with E-state index in [1.165, 1.54) is 0 Å². The molecule has 0 heterocycles. The molecule has 0 aliphatic rings. The minimum atomic E-state index is -4.45. The van der Waals surface area contributed by atoms with E-state index in [1.54, 1.807) is 0 Å². The van der Waals surface area contributed by atoms with Crippen molar-refractivity contribution in [2.45, 2.75) is 45.8 Å². The molecule has 1 aromatic carbocycles. The van der Waals surface area contributed by atoms with Crippen LogP contribution in [0.15, 0.2) is 18.2 Å². The van der Waals surface area contributed by atoms with Gasteiger partial charge in [-0.15, -0.1) is 0 Å². The minimum absolute atomic E-state index is 0.0991. The predicted octanol–water partition coefficient (Wildman–Crippen LogP) is 4.93. The highest BCUT2D eigenvalue weighted by Gasteiger charge is 2.32. The Hall–Kier alpha value is -1.10. The molecule has 1 unspecified atom stereocenters. The van der Waals surface area contributed by atoms with Gasteiger partial charge in [0.25, 0.3) is 0 Å². The molecule has 0 amide bonds. The highest BCUT2D eigenvalue weighted by molar-refractivity contribution is 5.29. The smallest absolute Gasteiger partial charge is 0.310 e. The van der Waals surface area contributed by atoms with E-state index in [2.05, 4.69) is 5.32 Å². The third-order valence-electron chi connectivity index (χ3n) is 3.05. The first-order chi connectivity index (χ1) is 9.25. The maximum atomic E-state index is 13.9. The Morgan fingerprint density at radius 2 is 1.85 bits per heavy atom. The average molecular weight is 291 g/mol. The molecule has 0 aromatic heterocycles. The normalized spacial score (nSPS) is 13.8. The van der Waals surface area contributed by atoms with Crippen molar-refractivity contribution in [2.75, 3.05) is 6.54 Å². The maximum absolute atomic E-state index is 13.9. The zero-order valence-electron chi connectivity index (χ0n) is 12.0. The number of alkyl halides is 3. The fourth-order valence-corrected chi connectivity index (χ4v) is 2.10. The number of benzene rings is 1. The molecular weight excluding hydrogens is 270 g/mol. The van der Waals surface area contributed by atoms with Crippen molar-refractivity contribution in [2.24, 2.45) is 5.92 Å².